The highest BCUT2D eigenvalue weighted by atomic mass is 16.4. The average Bonchev–Trinajstić information content (AvgIpc) is 2.82. The van der Waals surface area contributed by atoms with E-state index in [2.05, 4.69) is 5.32 Å². The van der Waals surface area contributed by atoms with Crippen molar-refractivity contribution >= 4 is 11.9 Å². The second-order valence-electron chi connectivity index (χ2n) is 5.05. The van der Waals surface area contributed by atoms with Gasteiger partial charge >= 0.3 is 5.97 Å². The first-order valence-corrected chi connectivity index (χ1v) is 6.30. The van der Waals surface area contributed by atoms with Crippen LogP contribution >= 0.6 is 0 Å². The lowest BCUT2D eigenvalue weighted by atomic mass is 9.97. The van der Waals surface area contributed by atoms with Gasteiger partial charge in [-0.3, -0.25) is 4.79 Å². The van der Waals surface area contributed by atoms with Gasteiger partial charge in [0, 0.05) is 5.56 Å². The Morgan fingerprint density at radius 1 is 1.26 bits per heavy atom. The summed E-state index contributed by atoms with van der Waals surface area (Å²) in [6, 6.07) is 4.48. The smallest absolute Gasteiger partial charge is 0.329 e. The zero-order chi connectivity index (χ0) is 14.0. The lowest BCUT2D eigenvalue weighted by molar-refractivity contribution is -0.144. The van der Waals surface area contributed by atoms with Crippen LogP contribution in [0, 0.1) is 6.92 Å². The predicted octanol–water partition coefficient (Wildman–Crippen LogP) is 1.83. The summed E-state index contributed by atoms with van der Waals surface area (Å²) < 4.78 is 0. The molecule has 5 heteroatoms. The zero-order valence-electron chi connectivity index (χ0n) is 10.8. The van der Waals surface area contributed by atoms with Gasteiger partial charge in [0.25, 0.3) is 5.91 Å². The van der Waals surface area contributed by atoms with Crippen molar-refractivity contribution in [3.8, 4) is 5.75 Å². The molecule has 0 bridgehead atoms. The molecule has 0 unspecified atom stereocenters. The quantitative estimate of drug-likeness (QED) is 0.776. The van der Waals surface area contributed by atoms with Gasteiger partial charge < -0.3 is 15.5 Å². The number of hydrogen-bond donors (Lipinski definition) is 3. The molecule has 1 amide bonds. The number of amides is 1. The number of carbonyl (C=O) groups is 2. The second-order valence-corrected chi connectivity index (χ2v) is 5.05. The third-order valence-corrected chi connectivity index (χ3v) is 3.68. The van der Waals surface area contributed by atoms with Gasteiger partial charge in [0.1, 0.15) is 11.3 Å². The van der Waals surface area contributed by atoms with E-state index in [0.717, 1.165) is 12.8 Å². The number of benzene rings is 1. The van der Waals surface area contributed by atoms with Gasteiger partial charge in [-0.2, -0.15) is 0 Å². The molecule has 102 valence electrons. The molecule has 2 rings (SSSR count). The van der Waals surface area contributed by atoms with E-state index in [1.807, 2.05) is 0 Å². The topological polar surface area (TPSA) is 86.6 Å². The van der Waals surface area contributed by atoms with Crippen molar-refractivity contribution in [3.05, 3.63) is 29.3 Å². The summed E-state index contributed by atoms with van der Waals surface area (Å²) in [5.74, 6) is -1.27. The first kappa shape index (κ1) is 13.4. The van der Waals surface area contributed by atoms with E-state index in [9.17, 15) is 19.8 Å². The maximum atomic E-state index is 12.1. The molecule has 0 atom stereocenters. The molecule has 1 aliphatic carbocycles. The Kier molecular flexibility index (Phi) is 3.46. The Morgan fingerprint density at radius 2 is 1.89 bits per heavy atom. The van der Waals surface area contributed by atoms with Crippen LogP contribution < -0.4 is 5.32 Å². The van der Waals surface area contributed by atoms with E-state index in [1.54, 1.807) is 13.0 Å². The molecule has 1 saturated carbocycles. The van der Waals surface area contributed by atoms with Gasteiger partial charge in [0.05, 0.1) is 0 Å². The molecule has 5 nitrogen and oxygen atoms in total. The highest BCUT2D eigenvalue weighted by Gasteiger charge is 2.42. The van der Waals surface area contributed by atoms with E-state index in [-0.39, 0.29) is 5.75 Å². The minimum absolute atomic E-state index is 0.116. The van der Waals surface area contributed by atoms with Gasteiger partial charge in [-0.25, -0.2) is 4.79 Å². The predicted molar refractivity (Wildman–Crippen MR) is 69.1 cm³/mol. The molecule has 0 spiro atoms. The van der Waals surface area contributed by atoms with Gasteiger partial charge in [-0.1, -0.05) is 12.8 Å². The third kappa shape index (κ3) is 2.54. The van der Waals surface area contributed by atoms with E-state index >= 15 is 0 Å². The van der Waals surface area contributed by atoms with Crippen molar-refractivity contribution in [1.29, 1.82) is 0 Å². The number of carboxylic acid groups (broad SMARTS) is 1. The lowest BCUT2D eigenvalue weighted by Gasteiger charge is -2.25. The molecule has 19 heavy (non-hydrogen) atoms. The molecule has 1 aliphatic rings. The molecule has 0 saturated heterocycles. The Balaban J connectivity index is 2.20. The van der Waals surface area contributed by atoms with Crippen molar-refractivity contribution in [2.24, 2.45) is 0 Å². The largest absolute Gasteiger partial charge is 0.508 e. The van der Waals surface area contributed by atoms with E-state index < -0.39 is 17.4 Å². The second kappa shape index (κ2) is 4.91. The highest BCUT2D eigenvalue weighted by Crippen LogP contribution is 2.30. The fourth-order valence-electron chi connectivity index (χ4n) is 2.46. The van der Waals surface area contributed by atoms with Crippen LogP contribution in [0.5, 0.6) is 5.75 Å². The van der Waals surface area contributed by atoms with Crippen LogP contribution in [0.25, 0.3) is 0 Å². The fraction of sp³-hybridized carbons (Fsp3) is 0.429. The van der Waals surface area contributed by atoms with Gasteiger partial charge in [-0.05, 0) is 43.5 Å². The van der Waals surface area contributed by atoms with Crippen LogP contribution in [-0.2, 0) is 4.79 Å². The molecule has 3 N–H and O–H groups in total. The number of aromatic hydroxyl groups is 1. The number of nitrogens with one attached hydrogen (secondary N) is 1. The van der Waals surface area contributed by atoms with Crippen LogP contribution in [0.1, 0.15) is 41.6 Å². The van der Waals surface area contributed by atoms with Crippen LogP contribution in [0.3, 0.4) is 0 Å². The molecular formula is C14H17NO4. The molecule has 0 radical (unpaired) electrons. The standard InChI is InChI=1S/C14H17NO4/c1-9-8-10(4-5-11(9)16)12(17)15-14(13(18)19)6-2-3-7-14/h4-5,8,16H,2-3,6-7H2,1H3,(H,15,17)(H,18,19). The normalized spacial score (nSPS) is 17.1. The van der Waals surface area contributed by atoms with E-state index in [1.165, 1.54) is 12.1 Å². The summed E-state index contributed by atoms with van der Waals surface area (Å²) in [5.41, 5.74) is -0.186. The fourth-order valence-corrected chi connectivity index (χ4v) is 2.46. The van der Waals surface area contributed by atoms with Gasteiger partial charge in [0.15, 0.2) is 0 Å². The molecule has 0 aliphatic heterocycles. The number of aliphatic carboxylic acids is 1. The van der Waals surface area contributed by atoms with Crippen LogP contribution in [0.15, 0.2) is 18.2 Å². The molecule has 0 heterocycles. The lowest BCUT2D eigenvalue weighted by Crippen LogP contribution is -2.52. The first-order valence-electron chi connectivity index (χ1n) is 6.30. The van der Waals surface area contributed by atoms with Crippen molar-refractivity contribution in [2.45, 2.75) is 38.1 Å². The number of hydrogen-bond acceptors (Lipinski definition) is 3. The zero-order valence-corrected chi connectivity index (χ0v) is 10.8. The summed E-state index contributed by atoms with van der Waals surface area (Å²) >= 11 is 0. The number of phenolic OH excluding ortho intramolecular Hbond substituents is 1. The minimum Gasteiger partial charge on any atom is -0.508 e. The Labute approximate surface area is 111 Å². The van der Waals surface area contributed by atoms with Crippen molar-refractivity contribution < 1.29 is 19.8 Å². The molecular weight excluding hydrogens is 246 g/mol. The third-order valence-electron chi connectivity index (χ3n) is 3.68. The Hall–Kier alpha value is -2.04. The number of carboxylic acids is 1. The Morgan fingerprint density at radius 3 is 2.42 bits per heavy atom. The SMILES string of the molecule is Cc1cc(C(=O)NC2(C(=O)O)CCCC2)ccc1O. The van der Waals surface area contributed by atoms with E-state index in [4.69, 9.17) is 0 Å². The van der Waals surface area contributed by atoms with Gasteiger partial charge in [0.2, 0.25) is 0 Å². The number of aryl methyl sites for hydroxylation is 1. The summed E-state index contributed by atoms with van der Waals surface area (Å²) in [4.78, 5) is 23.5. The Bertz CT molecular complexity index is 518. The molecule has 1 aromatic carbocycles. The van der Waals surface area contributed by atoms with Crippen LogP contribution in [0.2, 0.25) is 0 Å². The number of carbonyl (C=O) groups excluding carboxylic acids is 1. The molecule has 0 aromatic heterocycles. The van der Waals surface area contributed by atoms with Gasteiger partial charge in [-0.15, -0.1) is 0 Å². The number of rotatable bonds is 3. The number of phenols is 1. The van der Waals surface area contributed by atoms with Crippen molar-refractivity contribution in [2.75, 3.05) is 0 Å². The van der Waals surface area contributed by atoms with Crippen LogP contribution in [-0.4, -0.2) is 27.6 Å². The minimum atomic E-state index is -1.14. The summed E-state index contributed by atoms with van der Waals surface area (Å²) in [5, 5.41) is 21.4. The molecule has 1 aromatic rings. The van der Waals surface area contributed by atoms with Crippen LogP contribution in [0.4, 0.5) is 0 Å². The summed E-state index contributed by atoms with van der Waals surface area (Å²) in [7, 11) is 0. The summed E-state index contributed by atoms with van der Waals surface area (Å²) in [6.07, 6.45) is 2.54. The van der Waals surface area contributed by atoms with Crippen molar-refractivity contribution in [3.63, 3.8) is 0 Å². The first-order chi connectivity index (χ1) is 8.94. The maximum Gasteiger partial charge on any atom is 0.329 e. The average molecular weight is 263 g/mol. The monoisotopic (exact) mass is 263 g/mol. The van der Waals surface area contributed by atoms with E-state index in [0.29, 0.717) is 24.0 Å². The summed E-state index contributed by atoms with van der Waals surface area (Å²) in [6.45, 7) is 1.69. The highest BCUT2D eigenvalue weighted by molar-refractivity contribution is 5.98. The maximum absolute atomic E-state index is 12.1. The molecule has 1 fully saturated rings. The van der Waals surface area contributed by atoms with Crippen molar-refractivity contribution in [1.82, 2.24) is 5.32 Å².